The topological polar surface area (TPSA) is 12.0 Å². The van der Waals surface area contributed by atoms with E-state index in [-0.39, 0.29) is 0 Å². The van der Waals surface area contributed by atoms with Crippen LogP contribution in [0.4, 0.5) is 0 Å². The van der Waals surface area contributed by atoms with Crippen molar-refractivity contribution in [2.45, 2.75) is 65.8 Å². The van der Waals surface area contributed by atoms with Gasteiger partial charge in [0.1, 0.15) is 0 Å². The molecule has 1 unspecified atom stereocenters. The first-order chi connectivity index (χ1) is 7.08. The zero-order chi connectivity index (χ0) is 11.3. The summed E-state index contributed by atoms with van der Waals surface area (Å²) in [4.78, 5) is 0. The van der Waals surface area contributed by atoms with Gasteiger partial charge in [-0.05, 0) is 50.5 Å². The highest BCUT2D eigenvalue weighted by atomic mass is 14.9. The van der Waals surface area contributed by atoms with E-state index in [1.807, 2.05) is 0 Å². The van der Waals surface area contributed by atoms with Gasteiger partial charge in [-0.1, -0.05) is 33.6 Å². The van der Waals surface area contributed by atoms with E-state index in [2.05, 4.69) is 33.0 Å². The fourth-order valence-electron chi connectivity index (χ4n) is 2.69. The predicted molar refractivity (Wildman–Crippen MR) is 68.0 cm³/mol. The van der Waals surface area contributed by atoms with Gasteiger partial charge in [-0.25, -0.2) is 0 Å². The van der Waals surface area contributed by atoms with Gasteiger partial charge in [-0.2, -0.15) is 0 Å². The molecule has 0 aromatic rings. The van der Waals surface area contributed by atoms with Gasteiger partial charge < -0.3 is 5.32 Å². The third-order valence-corrected chi connectivity index (χ3v) is 3.72. The molecular formula is C14H29N. The molecular weight excluding hydrogens is 182 g/mol. The Morgan fingerprint density at radius 1 is 1.07 bits per heavy atom. The molecule has 0 heterocycles. The van der Waals surface area contributed by atoms with Crippen molar-refractivity contribution in [2.24, 2.45) is 17.8 Å². The normalized spacial score (nSPS) is 29.4. The molecule has 1 rings (SSSR count). The molecule has 1 atom stereocenters. The number of hydrogen-bond donors (Lipinski definition) is 1. The average Bonchev–Trinajstić information content (AvgIpc) is 2.16. The van der Waals surface area contributed by atoms with Crippen LogP contribution in [0.15, 0.2) is 0 Å². The van der Waals surface area contributed by atoms with Gasteiger partial charge in [0, 0.05) is 6.04 Å². The summed E-state index contributed by atoms with van der Waals surface area (Å²) in [6.45, 7) is 10.6. The van der Waals surface area contributed by atoms with Crippen LogP contribution in [0.5, 0.6) is 0 Å². The molecule has 0 radical (unpaired) electrons. The van der Waals surface area contributed by atoms with Crippen molar-refractivity contribution < 1.29 is 0 Å². The van der Waals surface area contributed by atoms with Crippen LogP contribution < -0.4 is 5.32 Å². The summed E-state index contributed by atoms with van der Waals surface area (Å²) in [6, 6.07) is 0.698. The van der Waals surface area contributed by atoms with E-state index < -0.39 is 0 Å². The molecule has 1 aliphatic rings. The molecule has 0 amide bonds. The Morgan fingerprint density at radius 3 is 2.20 bits per heavy atom. The van der Waals surface area contributed by atoms with Gasteiger partial charge in [0.15, 0.2) is 0 Å². The van der Waals surface area contributed by atoms with Gasteiger partial charge >= 0.3 is 0 Å². The first-order valence-corrected chi connectivity index (χ1v) is 6.81. The van der Waals surface area contributed by atoms with E-state index in [1.54, 1.807) is 0 Å². The molecule has 0 spiro atoms. The lowest BCUT2D eigenvalue weighted by Crippen LogP contribution is -2.33. The molecule has 0 bridgehead atoms. The third-order valence-electron chi connectivity index (χ3n) is 3.72. The Labute approximate surface area is 96.0 Å². The molecule has 0 aromatic carbocycles. The number of nitrogens with one attached hydrogen (secondary N) is 1. The Hall–Kier alpha value is -0.0400. The maximum absolute atomic E-state index is 3.70. The highest BCUT2D eigenvalue weighted by Crippen LogP contribution is 2.27. The summed E-state index contributed by atoms with van der Waals surface area (Å²) < 4.78 is 0. The van der Waals surface area contributed by atoms with Crippen molar-refractivity contribution in [3.8, 4) is 0 Å². The first-order valence-electron chi connectivity index (χ1n) is 6.81. The van der Waals surface area contributed by atoms with Gasteiger partial charge in [0.05, 0.1) is 0 Å². The lowest BCUT2D eigenvalue weighted by atomic mass is 9.83. The summed E-state index contributed by atoms with van der Waals surface area (Å²) >= 11 is 0. The molecule has 1 nitrogen and oxygen atoms in total. The molecule has 1 heteroatoms. The molecule has 1 saturated carbocycles. The zero-order valence-electron chi connectivity index (χ0n) is 11.1. The maximum atomic E-state index is 3.70. The highest BCUT2D eigenvalue weighted by Gasteiger charge is 2.18. The molecule has 90 valence electrons. The van der Waals surface area contributed by atoms with Crippen molar-refractivity contribution in [1.82, 2.24) is 5.32 Å². The summed E-state index contributed by atoms with van der Waals surface area (Å²) in [5, 5.41) is 3.70. The number of hydrogen-bond acceptors (Lipinski definition) is 1. The lowest BCUT2D eigenvalue weighted by Gasteiger charge is -2.28. The van der Waals surface area contributed by atoms with Crippen LogP contribution in [0.1, 0.15) is 59.8 Å². The standard InChI is InChI=1S/C14H29N/c1-11(2)9-13(4)15-10-14-7-5-12(3)6-8-14/h11-15H,5-10H2,1-4H3. The smallest absolute Gasteiger partial charge is 0.00412 e. The monoisotopic (exact) mass is 211 g/mol. The van der Waals surface area contributed by atoms with E-state index in [0.717, 1.165) is 17.8 Å². The third kappa shape index (κ3) is 5.55. The Morgan fingerprint density at radius 2 is 1.67 bits per heavy atom. The van der Waals surface area contributed by atoms with Crippen LogP contribution in [-0.4, -0.2) is 12.6 Å². The molecule has 1 fully saturated rings. The summed E-state index contributed by atoms with van der Waals surface area (Å²) in [5.74, 6) is 2.75. The van der Waals surface area contributed by atoms with Crippen molar-refractivity contribution in [3.05, 3.63) is 0 Å². The Bertz CT molecular complexity index is 157. The van der Waals surface area contributed by atoms with Crippen LogP contribution >= 0.6 is 0 Å². The van der Waals surface area contributed by atoms with E-state index in [4.69, 9.17) is 0 Å². The van der Waals surface area contributed by atoms with Crippen molar-refractivity contribution in [2.75, 3.05) is 6.54 Å². The SMILES string of the molecule is CC(C)CC(C)NCC1CCC(C)CC1. The first kappa shape index (κ1) is 13.0. The van der Waals surface area contributed by atoms with Gasteiger partial charge in [-0.15, -0.1) is 0 Å². The van der Waals surface area contributed by atoms with E-state index in [9.17, 15) is 0 Å². The molecule has 1 aliphatic carbocycles. The molecule has 0 saturated heterocycles. The average molecular weight is 211 g/mol. The van der Waals surface area contributed by atoms with E-state index in [0.29, 0.717) is 6.04 Å². The minimum Gasteiger partial charge on any atom is -0.314 e. The highest BCUT2D eigenvalue weighted by molar-refractivity contribution is 4.73. The largest absolute Gasteiger partial charge is 0.314 e. The van der Waals surface area contributed by atoms with Gasteiger partial charge in [0.25, 0.3) is 0 Å². The maximum Gasteiger partial charge on any atom is 0.00412 e. The quantitative estimate of drug-likeness (QED) is 0.728. The van der Waals surface area contributed by atoms with Crippen LogP contribution in [0, 0.1) is 17.8 Å². The predicted octanol–water partition coefficient (Wildman–Crippen LogP) is 3.84. The van der Waals surface area contributed by atoms with Crippen LogP contribution in [-0.2, 0) is 0 Å². The second-order valence-electron chi connectivity index (χ2n) is 6.06. The lowest BCUT2D eigenvalue weighted by molar-refractivity contribution is 0.271. The second-order valence-corrected chi connectivity index (χ2v) is 6.06. The van der Waals surface area contributed by atoms with Crippen molar-refractivity contribution >= 4 is 0 Å². The van der Waals surface area contributed by atoms with Crippen LogP contribution in [0.25, 0.3) is 0 Å². The van der Waals surface area contributed by atoms with Gasteiger partial charge in [0.2, 0.25) is 0 Å². The van der Waals surface area contributed by atoms with E-state index >= 15 is 0 Å². The number of rotatable bonds is 5. The summed E-state index contributed by atoms with van der Waals surface area (Å²) in [5.41, 5.74) is 0. The summed E-state index contributed by atoms with van der Waals surface area (Å²) in [7, 11) is 0. The zero-order valence-corrected chi connectivity index (χ0v) is 11.1. The van der Waals surface area contributed by atoms with Crippen molar-refractivity contribution in [3.63, 3.8) is 0 Å². The second kappa shape index (κ2) is 6.52. The Balaban J connectivity index is 2.09. The molecule has 0 aliphatic heterocycles. The van der Waals surface area contributed by atoms with Crippen molar-refractivity contribution in [1.29, 1.82) is 0 Å². The van der Waals surface area contributed by atoms with Gasteiger partial charge in [-0.3, -0.25) is 0 Å². The van der Waals surface area contributed by atoms with E-state index in [1.165, 1.54) is 38.6 Å². The summed E-state index contributed by atoms with van der Waals surface area (Å²) in [6.07, 6.45) is 7.10. The molecule has 15 heavy (non-hydrogen) atoms. The minimum atomic E-state index is 0.698. The van der Waals surface area contributed by atoms with Crippen LogP contribution in [0.2, 0.25) is 0 Å². The minimum absolute atomic E-state index is 0.698. The fourth-order valence-corrected chi connectivity index (χ4v) is 2.69. The fraction of sp³-hybridized carbons (Fsp3) is 1.00. The molecule has 1 N–H and O–H groups in total. The van der Waals surface area contributed by atoms with Crippen LogP contribution in [0.3, 0.4) is 0 Å². The Kier molecular flexibility index (Phi) is 5.66. The molecule has 0 aromatic heterocycles.